The third-order valence-corrected chi connectivity index (χ3v) is 2.99. The van der Waals surface area contributed by atoms with Gasteiger partial charge in [0.1, 0.15) is 11.6 Å². The molecule has 0 unspecified atom stereocenters. The van der Waals surface area contributed by atoms with Crippen LogP contribution in [0.3, 0.4) is 0 Å². The van der Waals surface area contributed by atoms with Gasteiger partial charge in [-0.2, -0.15) is 0 Å². The van der Waals surface area contributed by atoms with Gasteiger partial charge in [-0.05, 0) is 43.5 Å². The summed E-state index contributed by atoms with van der Waals surface area (Å²) in [6.45, 7) is 5.31. The van der Waals surface area contributed by atoms with Crippen LogP contribution in [0, 0.1) is 11.2 Å². The molecule has 0 aliphatic carbocycles. The molecule has 3 heteroatoms. The smallest absolute Gasteiger partial charge is 0.130 e. The minimum atomic E-state index is -0.176. The second-order valence-electron chi connectivity index (χ2n) is 5.15. The molecule has 0 aromatic heterocycles. The topological polar surface area (TPSA) is 21.3 Å². The highest BCUT2D eigenvalue weighted by molar-refractivity contribution is 5.29. The molecule has 0 saturated carbocycles. The largest absolute Gasteiger partial charge is 0.497 e. The first-order chi connectivity index (χ1) is 7.98. The van der Waals surface area contributed by atoms with Gasteiger partial charge in [-0.1, -0.05) is 19.9 Å². The predicted octanol–water partition coefficient (Wildman–Crippen LogP) is 3.01. The number of hydrogen-bond donors (Lipinski definition) is 1. The van der Waals surface area contributed by atoms with Crippen molar-refractivity contribution in [3.63, 3.8) is 0 Å². The molecule has 1 aromatic carbocycles. The van der Waals surface area contributed by atoms with E-state index in [9.17, 15) is 4.39 Å². The number of hydrogen-bond acceptors (Lipinski definition) is 2. The fourth-order valence-corrected chi connectivity index (χ4v) is 1.90. The zero-order chi connectivity index (χ0) is 12.9. The summed E-state index contributed by atoms with van der Waals surface area (Å²) in [6.07, 6.45) is 1.71. The summed E-state index contributed by atoms with van der Waals surface area (Å²) < 4.78 is 18.7. The lowest BCUT2D eigenvalue weighted by Gasteiger charge is -2.24. The summed E-state index contributed by atoms with van der Waals surface area (Å²) in [5.74, 6) is 0.394. The molecular formula is C14H22FNO. The third-order valence-electron chi connectivity index (χ3n) is 2.99. The highest BCUT2D eigenvalue weighted by Gasteiger charge is 2.17. The van der Waals surface area contributed by atoms with Crippen LogP contribution in [0.15, 0.2) is 18.2 Å². The Morgan fingerprint density at radius 1 is 1.35 bits per heavy atom. The van der Waals surface area contributed by atoms with E-state index >= 15 is 0 Å². The number of methoxy groups -OCH3 is 1. The Hall–Kier alpha value is -1.09. The van der Waals surface area contributed by atoms with E-state index in [1.807, 2.05) is 19.2 Å². The van der Waals surface area contributed by atoms with Gasteiger partial charge in [-0.15, -0.1) is 0 Å². The molecule has 0 amide bonds. The number of halogens is 1. The lowest BCUT2D eigenvalue weighted by atomic mass is 9.86. The van der Waals surface area contributed by atoms with Crippen LogP contribution in [0.4, 0.5) is 4.39 Å². The van der Waals surface area contributed by atoms with E-state index in [0.29, 0.717) is 5.75 Å². The second-order valence-corrected chi connectivity index (χ2v) is 5.15. The van der Waals surface area contributed by atoms with E-state index in [1.165, 1.54) is 6.07 Å². The first kappa shape index (κ1) is 14.0. The minimum absolute atomic E-state index is 0.176. The number of aryl methyl sites for hydroxylation is 1. The number of benzene rings is 1. The molecule has 0 heterocycles. The molecule has 0 aliphatic rings. The van der Waals surface area contributed by atoms with Crippen LogP contribution in [0.1, 0.15) is 25.8 Å². The summed E-state index contributed by atoms with van der Waals surface area (Å²) in [5, 5.41) is 3.16. The molecule has 0 radical (unpaired) electrons. The van der Waals surface area contributed by atoms with E-state index in [1.54, 1.807) is 7.11 Å². The Morgan fingerprint density at radius 3 is 2.59 bits per heavy atom. The molecule has 1 rings (SSSR count). The highest BCUT2D eigenvalue weighted by Crippen LogP contribution is 2.24. The van der Waals surface area contributed by atoms with Crippen molar-refractivity contribution in [3.05, 3.63) is 29.6 Å². The quantitative estimate of drug-likeness (QED) is 0.824. The molecule has 0 atom stereocenters. The first-order valence-corrected chi connectivity index (χ1v) is 5.95. The maximum Gasteiger partial charge on any atom is 0.130 e. The zero-order valence-corrected chi connectivity index (χ0v) is 11.1. The summed E-state index contributed by atoms with van der Waals surface area (Å²) in [4.78, 5) is 0. The monoisotopic (exact) mass is 239 g/mol. The molecule has 0 bridgehead atoms. The Balaban J connectivity index is 2.63. The van der Waals surface area contributed by atoms with Crippen molar-refractivity contribution in [1.29, 1.82) is 0 Å². The lowest BCUT2D eigenvalue weighted by molar-refractivity contribution is 0.322. The van der Waals surface area contributed by atoms with E-state index in [0.717, 1.165) is 24.9 Å². The summed E-state index contributed by atoms with van der Waals surface area (Å²) in [7, 11) is 3.49. The van der Waals surface area contributed by atoms with Crippen molar-refractivity contribution in [1.82, 2.24) is 5.32 Å². The van der Waals surface area contributed by atoms with Gasteiger partial charge in [0.2, 0.25) is 0 Å². The van der Waals surface area contributed by atoms with Gasteiger partial charge in [0, 0.05) is 6.07 Å². The van der Waals surface area contributed by atoms with Crippen LogP contribution in [0.2, 0.25) is 0 Å². The van der Waals surface area contributed by atoms with Crippen LogP contribution in [-0.2, 0) is 6.42 Å². The van der Waals surface area contributed by atoms with Gasteiger partial charge in [0.05, 0.1) is 7.11 Å². The highest BCUT2D eigenvalue weighted by atomic mass is 19.1. The fourth-order valence-electron chi connectivity index (χ4n) is 1.90. The molecule has 1 aromatic rings. The maximum atomic E-state index is 13.7. The molecule has 0 fully saturated rings. The van der Waals surface area contributed by atoms with Crippen LogP contribution in [0.5, 0.6) is 5.75 Å². The summed E-state index contributed by atoms with van der Waals surface area (Å²) in [5.41, 5.74) is 0.941. The summed E-state index contributed by atoms with van der Waals surface area (Å²) >= 11 is 0. The minimum Gasteiger partial charge on any atom is -0.497 e. The maximum absolute atomic E-state index is 13.7. The predicted molar refractivity (Wildman–Crippen MR) is 69.0 cm³/mol. The van der Waals surface area contributed by atoms with Gasteiger partial charge in [0.25, 0.3) is 0 Å². The Kier molecular flexibility index (Phi) is 4.94. The fraction of sp³-hybridized carbons (Fsp3) is 0.571. The average Bonchev–Trinajstić information content (AvgIpc) is 2.27. The first-order valence-electron chi connectivity index (χ1n) is 5.95. The molecule has 0 saturated heterocycles. The van der Waals surface area contributed by atoms with Crippen LogP contribution >= 0.6 is 0 Å². The Labute approximate surface area is 103 Å². The number of rotatable bonds is 6. The molecule has 17 heavy (non-hydrogen) atoms. The molecular weight excluding hydrogens is 217 g/mol. The second kappa shape index (κ2) is 6.01. The average molecular weight is 239 g/mol. The number of ether oxygens (including phenoxy) is 1. The lowest BCUT2D eigenvalue weighted by Crippen LogP contribution is -2.27. The van der Waals surface area contributed by atoms with Crippen molar-refractivity contribution < 1.29 is 9.13 Å². The van der Waals surface area contributed by atoms with Crippen LogP contribution in [-0.4, -0.2) is 20.7 Å². The Morgan fingerprint density at radius 2 is 2.06 bits per heavy atom. The van der Waals surface area contributed by atoms with E-state index in [4.69, 9.17) is 4.74 Å². The van der Waals surface area contributed by atoms with E-state index < -0.39 is 0 Å². The Bertz CT molecular complexity index is 363. The number of nitrogens with one attached hydrogen (secondary N) is 1. The van der Waals surface area contributed by atoms with Gasteiger partial charge in [0.15, 0.2) is 0 Å². The SMILES string of the molecule is CNCC(C)(C)CCc1ccc(OC)cc1F. The molecule has 96 valence electrons. The van der Waals surface area contributed by atoms with Gasteiger partial charge in [-0.25, -0.2) is 4.39 Å². The van der Waals surface area contributed by atoms with Crippen molar-refractivity contribution >= 4 is 0 Å². The van der Waals surface area contributed by atoms with Gasteiger partial charge < -0.3 is 10.1 Å². The molecule has 0 spiro atoms. The molecule has 0 aliphatic heterocycles. The van der Waals surface area contributed by atoms with Crippen molar-refractivity contribution in [3.8, 4) is 5.75 Å². The van der Waals surface area contributed by atoms with Crippen molar-refractivity contribution in [2.45, 2.75) is 26.7 Å². The van der Waals surface area contributed by atoms with Crippen molar-refractivity contribution in [2.75, 3.05) is 20.7 Å². The summed E-state index contributed by atoms with van der Waals surface area (Å²) in [6, 6.07) is 5.06. The van der Waals surface area contributed by atoms with Crippen LogP contribution in [0.25, 0.3) is 0 Å². The third kappa shape index (κ3) is 4.35. The van der Waals surface area contributed by atoms with Gasteiger partial charge >= 0.3 is 0 Å². The zero-order valence-electron chi connectivity index (χ0n) is 11.1. The molecule has 2 nitrogen and oxygen atoms in total. The normalized spacial score (nSPS) is 11.6. The van der Waals surface area contributed by atoms with Gasteiger partial charge in [-0.3, -0.25) is 0 Å². The van der Waals surface area contributed by atoms with E-state index in [-0.39, 0.29) is 11.2 Å². The standard InChI is InChI=1S/C14H22FNO/c1-14(2,10-16-3)8-7-11-5-6-12(17-4)9-13(11)15/h5-6,9,16H,7-8,10H2,1-4H3. The van der Waals surface area contributed by atoms with Crippen LogP contribution < -0.4 is 10.1 Å². The molecule has 1 N–H and O–H groups in total. The van der Waals surface area contributed by atoms with E-state index in [2.05, 4.69) is 19.2 Å². The van der Waals surface area contributed by atoms with Crippen molar-refractivity contribution in [2.24, 2.45) is 5.41 Å².